The molecule has 20 heavy (non-hydrogen) atoms. The van der Waals surface area contributed by atoms with Crippen LogP contribution in [-0.4, -0.2) is 28.9 Å². The Labute approximate surface area is 124 Å². The van der Waals surface area contributed by atoms with E-state index >= 15 is 0 Å². The molecule has 1 heterocycles. The lowest BCUT2D eigenvalue weighted by Gasteiger charge is -2.05. The smallest absolute Gasteiger partial charge is 0.234 e. The first kappa shape index (κ1) is 14.7. The summed E-state index contributed by atoms with van der Waals surface area (Å²) in [5.41, 5.74) is 0.998. The van der Waals surface area contributed by atoms with Crippen molar-refractivity contribution in [1.29, 1.82) is 0 Å². The minimum Gasteiger partial charge on any atom is -0.363 e. The van der Waals surface area contributed by atoms with Gasteiger partial charge in [-0.05, 0) is 24.6 Å². The van der Waals surface area contributed by atoms with Crippen molar-refractivity contribution in [2.45, 2.75) is 11.3 Å². The van der Waals surface area contributed by atoms with E-state index in [0.717, 1.165) is 0 Å². The molecule has 0 aliphatic heterocycles. The van der Waals surface area contributed by atoms with Gasteiger partial charge in [-0.2, -0.15) is 0 Å². The van der Waals surface area contributed by atoms with Crippen LogP contribution in [0.2, 0.25) is 0 Å². The molecule has 2 N–H and O–H groups in total. The molecule has 0 spiro atoms. The van der Waals surface area contributed by atoms with E-state index in [2.05, 4.69) is 20.8 Å². The Morgan fingerprint density at radius 2 is 2.25 bits per heavy atom. The summed E-state index contributed by atoms with van der Waals surface area (Å²) in [7, 11) is 1.76. The number of thioether (sulfide) groups is 1. The van der Waals surface area contributed by atoms with Crippen LogP contribution in [0.25, 0.3) is 0 Å². The number of hydrogen-bond acceptors (Lipinski definition) is 6. The number of carbonyl (C=O) groups excluding carboxylic acids is 1. The van der Waals surface area contributed by atoms with Gasteiger partial charge in [-0.3, -0.25) is 4.79 Å². The Balaban J connectivity index is 1.87. The van der Waals surface area contributed by atoms with E-state index in [1.165, 1.54) is 29.2 Å². The first-order valence-electron chi connectivity index (χ1n) is 5.78. The molecular formula is C12H13FN4OS2. The molecule has 2 rings (SSSR count). The standard InChI is InChI=1S/C12H13FN4OS2/c1-7-3-4-8(5-9(7)13)15-10(18)6-19-12-17-16-11(14-2)20-12/h3-5H,6H2,1-2H3,(H,14,16)(H,15,18). The van der Waals surface area contributed by atoms with Crippen LogP contribution < -0.4 is 10.6 Å². The molecular weight excluding hydrogens is 299 g/mol. The number of halogens is 1. The number of aryl methyl sites for hydroxylation is 1. The Morgan fingerprint density at radius 1 is 1.45 bits per heavy atom. The van der Waals surface area contributed by atoms with Crippen molar-refractivity contribution in [3.63, 3.8) is 0 Å². The van der Waals surface area contributed by atoms with E-state index in [1.54, 1.807) is 26.1 Å². The maximum absolute atomic E-state index is 13.3. The predicted octanol–water partition coefficient (Wildman–Crippen LogP) is 2.76. The van der Waals surface area contributed by atoms with Gasteiger partial charge in [0.05, 0.1) is 5.75 Å². The quantitative estimate of drug-likeness (QED) is 0.831. The molecule has 8 heteroatoms. The summed E-state index contributed by atoms with van der Waals surface area (Å²) in [5, 5.41) is 14.0. The number of nitrogens with one attached hydrogen (secondary N) is 2. The van der Waals surface area contributed by atoms with E-state index in [0.29, 0.717) is 20.7 Å². The van der Waals surface area contributed by atoms with Crippen LogP contribution in [-0.2, 0) is 4.79 Å². The average Bonchev–Trinajstić information content (AvgIpc) is 2.89. The van der Waals surface area contributed by atoms with Crippen molar-refractivity contribution in [2.24, 2.45) is 0 Å². The van der Waals surface area contributed by atoms with Crippen LogP contribution in [0, 0.1) is 12.7 Å². The molecule has 0 unspecified atom stereocenters. The monoisotopic (exact) mass is 312 g/mol. The summed E-state index contributed by atoms with van der Waals surface area (Å²) in [6, 6.07) is 4.61. The van der Waals surface area contributed by atoms with Gasteiger partial charge in [0.1, 0.15) is 5.82 Å². The van der Waals surface area contributed by atoms with E-state index in [1.807, 2.05) is 0 Å². The van der Waals surface area contributed by atoms with Crippen LogP contribution in [0.3, 0.4) is 0 Å². The van der Waals surface area contributed by atoms with Gasteiger partial charge >= 0.3 is 0 Å². The molecule has 0 bridgehead atoms. The molecule has 1 aromatic heterocycles. The fraction of sp³-hybridized carbons (Fsp3) is 0.250. The van der Waals surface area contributed by atoms with Gasteiger partial charge in [0.15, 0.2) is 4.34 Å². The van der Waals surface area contributed by atoms with Crippen molar-refractivity contribution < 1.29 is 9.18 Å². The van der Waals surface area contributed by atoms with Crippen LogP contribution >= 0.6 is 23.1 Å². The van der Waals surface area contributed by atoms with Crippen LogP contribution in [0.4, 0.5) is 15.2 Å². The lowest BCUT2D eigenvalue weighted by molar-refractivity contribution is -0.113. The van der Waals surface area contributed by atoms with Crippen molar-refractivity contribution in [1.82, 2.24) is 10.2 Å². The van der Waals surface area contributed by atoms with Gasteiger partial charge in [0, 0.05) is 12.7 Å². The minimum atomic E-state index is -0.335. The fourth-order valence-electron chi connectivity index (χ4n) is 1.36. The third kappa shape index (κ3) is 3.91. The van der Waals surface area contributed by atoms with Crippen LogP contribution in [0.5, 0.6) is 0 Å². The number of carbonyl (C=O) groups is 1. The third-order valence-electron chi connectivity index (χ3n) is 2.40. The molecule has 0 radical (unpaired) electrons. The molecule has 106 valence electrons. The molecule has 1 aromatic carbocycles. The zero-order valence-electron chi connectivity index (χ0n) is 10.9. The summed E-state index contributed by atoms with van der Waals surface area (Å²) in [6.07, 6.45) is 0. The van der Waals surface area contributed by atoms with Crippen molar-refractivity contribution >= 4 is 39.8 Å². The normalized spacial score (nSPS) is 10.3. The maximum atomic E-state index is 13.3. The molecule has 2 aromatic rings. The number of hydrogen-bond donors (Lipinski definition) is 2. The van der Waals surface area contributed by atoms with Crippen LogP contribution in [0.1, 0.15) is 5.56 Å². The summed E-state index contributed by atoms with van der Waals surface area (Å²) < 4.78 is 14.1. The zero-order chi connectivity index (χ0) is 14.5. The summed E-state index contributed by atoms with van der Waals surface area (Å²) in [5.74, 6) is -0.342. The topological polar surface area (TPSA) is 66.9 Å². The molecule has 5 nitrogen and oxygen atoms in total. The highest BCUT2D eigenvalue weighted by Crippen LogP contribution is 2.25. The molecule has 0 aliphatic rings. The van der Waals surface area contributed by atoms with Gasteiger partial charge in [0.2, 0.25) is 11.0 Å². The number of amides is 1. The second-order valence-electron chi connectivity index (χ2n) is 3.92. The molecule has 1 amide bonds. The van der Waals surface area contributed by atoms with Gasteiger partial charge < -0.3 is 10.6 Å². The largest absolute Gasteiger partial charge is 0.363 e. The lowest BCUT2D eigenvalue weighted by Crippen LogP contribution is -2.14. The van der Waals surface area contributed by atoms with Gasteiger partial charge in [0.25, 0.3) is 0 Å². The Morgan fingerprint density at radius 3 is 2.90 bits per heavy atom. The van der Waals surface area contributed by atoms with Gasteiger partial charge in [-0.1, -0.05) is 29.2 Å². The Hall–Kier alpha value is -1.67. The first-order chi connectivity index (χ1) is 9.58. The molecule has 0 fully saturated rings. The number of rotatable bonds is 5. The van der Waals surface area contributed by atoms with Crippen LogP contribution in [0.15, 0.2) is 22.5 Å². The minimum absolute atomic E-state index is 0.202. The maximum Gasteiger partial charge on any atom is 0.234 e. The Kier molecular flexibility index (Phi) is 4.91. The zero-order valence-corrected chi connectivity index (χ0v) is 12.6. The fourth-order valence-corrected chi connectivity index (χ4v) is 2.87. The van der Waals surface area contributed by atoms with Crippen molar-refractivity contribution in [2.75, 3.05) is 23.4 Å². The predicted molar refractivity (Wildman–Crippen MR) is 79.9 cm³/mol. The number of nitrogens with zero attached hydrogens (tertiary/aromatic N) is 2. The van der Waals surface area contributed by atoms with E-state index in [-0.39, 0.29) is 17.5 Å². The number of anilines is 2. The first-order valence-corrected chi connectivity index (χ1v) is 7.59. The highest BCUT2D eigenvalue weighted by molar-refractivity contribution is 8.01. The molecule has 0 saturated heterocycles. The van der Waals surface area contributed by atoms with Crippen molar-refractivity contribution in [3.05, 3.63) is 29.6 Å². The SMILES string of the molecule is CNc1nnc(SCC(=O)Nc2ccc(C)c(F)c2)s1. The molecule has 0 atom stereocenters. The Bertz CT molecular complexity index is 617. The number of benzene rings is 1. The highest BCUT2D eigenvalue weighted by atomic mass is 32.2. The van der Waals surface area contributed by atoms with Gasteiger partial charge in [-0.15, -0.1) is 10.2 Å². The summed E-state index contributed by atoms with van der Waals surface area (Å²) in [4.78, 5) is 11.7. The van der Waals surface area contributed by atoms with Gasteiger partial charge in [-0.25, -0.2) is 4.39 Å². The summed E-state index contributed by atoms with van der Waals surface area (Å²) in [6.45, 7) is 1.67. The number of aromatic nitrogens is 2. The molecule has 0 saturated carbocycles. The highest BCUT2D eigenvalue weighted by Gasteiger charge is 2.08. The molecule has 0 aliphatic carbocycles. The second-order valence-corrected chi connectivity index (χ2v) is 6.12. The van der Waals surface area contributed by atoms with E-state index in [9.17, 15) is 9.18 Å². The average molecular weight is 312 g/mol. The third-order valence-corrected chi connectivity index (χ3v) is 4.48. The lowest BCUT2D eigenvalue weighted by atomic mass is 10.2. The van der Waals surface area contributed by atoms with Crippen molar-refractivity contribution in [3.8, 4) is 0 Å². The van der Waals surface area contributed by atoms with E-state index < -0.39 is 0 Å². The summed E-state index contributed by atoms with van der Waals surface area (Å²) >= 11 is 2.67. The van der Waals surface area contributed by atoms with E-state index in [4.69, 9.17) is 0 Å². The second kappa shape index (κ2) is 6.67.